The van der Waals surface area contributed by atoms with Crippen molar-refractivity contribution in [3.63, 3.8) is 0 Å². The van der Waals surface area contributed by atoms with E-state index < -0.39 is 15.8 Å². The molecule has 0 saturated heterocycles. The highest BCUT2D eigenvalue weighted by molar-refractivity contribution is 8.01. The summed E-state index contributed by atoms with van der Waals surface area (Å²) in [6.45, 7) is 0. The molecule has 0 aliphatic carbocycles. The van der Waals surface area contributed by atoms with Gasteiger partial charge in [0.1, 0.15) is 16.5 Å². The highest BCUT2D eigenvalue weighted by Crippen LogP contribution is 2.35. The van der Waals surface area contributed by atoms with Gasteiger partial charge in [0.15, 0.2) is 4.34 Å². The molecule has 0 fully saturated rings. The topological polar surface area (TPSA) is 163 Å². The van der Waals surface area contributed by atoms with Gasteiger partial charge in [-0.15, -0.1) is 11.3 Å². The van der Waals surface area contributed by atoms with Gasteiger partial charge in [-0.25, -0.2) is 9.97 Å². The molecular weight excluding hydrogens is 613 g/mol. The third-order valence-electron chi connectivity index (χ3n) is 5.75. The summed E-state index contributed by atoms with van der Waals surface area (Å²) in [5.74, 6) is -0.102. The molecule has 0 spiro atoms. The fraction of sp³-hybridized carbons (Fsp3) is 0.0714. The van der Waals surface area contributed by atoms with E-state index >= 15 is 0 Å². The van der Waals surface area contributed by atoms with Gasteiger partial charge in [-0.1, -0.05) is 35.7 Å². The molecule has 0 aliphatic heterocycles. The van der Waals surface area contributed by atoms with Crippen molar-refractivity contribution in [3.8, 4) is 5.75 Å². The Labute approximate surface area is 256 Å². The predicted octanol–water partition coefficient (Wildman–Crippen LogP) is 7.15. The summed E-state index contributed by atoms with van der Waals surface area (Å²) in [6, 6.07) is 19.9. The molecule has 5 rings (SSSR count). The van der Waals surface area contributed by atoms with Crippen LogP contribution in [0.3, 0.4) is 0 Å². The Morgan fingerprint density at radius 3 is 2.63 bits per heavy atom. The molecule has 0 saturated carbocycles. The Hall–Kier alpha value is -4.86. The zero-order valence-electron chi connectivity index (χ0n) is 22.2. The van der Waals surface area contributed by atoms with Crippen molar-refractivity contribution >= 4 is 79.9 Å². The van der Waals surface area contributed by atoms with Crippen molar-refractivity contribution in [2.24, 2.45) is 4.99 Å². The minimum atomic E-state index is -0.585. The van der Waals surface area contributed by atoms with Crippen LogP contribution in [0, 0.1) is 20.2 Å². The number of carbonyl (C=O) groups is 1. The highest BCUT2D eigenvalue weighted by atomic mass is 32.2. The first-order valence-electron chi connectivity index (χ1n) is 12.4. The van der Waals surface area contributed by atoms with Crippen LogP contribution < -0.4 is 10.1 Å². The van der Waals surface area contributed by atoms with Crippen molar-refractivity contribution in [1.82, 2.24) is 9.97 Å². The van der Waals surface area contributed by atoms with Crippen molar-refractivity contribution in [3.05, 3.63) is 105 Å². The number of pyridine rings is 1. The number of benzene rings is 3. The number of ether oxygens (including phenoxy) is 1. The van der Waals surface area contributed by atoms with Crippen LogP contribution in [-0.4, -0.2) is 44.8 Å². The number of thioether (sulfide) groups is 1. The van der Waals surface area contributed by atoms with Crippen LogP contribution in [0.5, 0.6) is 5.75 Å². The first kappa shape index (κ1) is 29.6. The van der Waals surface area contributed by atoms with Crippen LogP contribution in [0.2, 0.25) is 0 Å². The first-order valence-corrected chi connectivity index (χ1v) is 15.0. The first-order chi connectivity index (χ1) is 20.8. The lowest BCUT2D eigenvalue weighted by molar-refractivity contribution is -0.387. The van der Waals surface area contributed by atoms with Gasteiger partial charge in [-0.05, 0) is 54.1 Å². The van der Waals surface area contributed by atoms with Crippen molar-refractivity contribution in [1.29, 1.82) is 0 Å². The minimum Gasteiger partial charge on any atom is -0.496 e. The summed E-state index contributed by atoms with van der Waals surface area (Å²) in [5.41, 5.74) is 1.71. The van der Waals surface area contributed by atoms with E-state index in [9.17, 15) is 25.0 Å². The van der Waals surface area contributed by atoms with E-state index in [1.165, 1.54) is 66.2 Å². The minimum absolute atomic E-state index is 0.00140. The second-order valence-electron chi connectivity index (χ2n) is 8.62. The number of nitrogens with one attached hydrogen (secondary N) is 1. The summed E-state index contributed by atoms with van der Waals surface area (Å²) in [5, 5.41) is 26.3. The molecule has 0 unspecified atom stereocenters. The maximum Gasteiger partial charge on any atom is 0.296 e. The lowest BCUT2D eigenvalue weighted by atomic mass is 10.2. The van der Waals surface area contributed by atoms with Gasteiger partial charge in [0.05, 0.1) is 49.6 Å². The monoisotopic (exact) mass is 632 g/mol. The number of rotatable bonds is 11. The number of nitrogens with zero attached hydrogens (tertiary/aromatic N) is 5. The molecule has 1 amide bonds. The van der Waals surface area contributed by atoms with Crippen LogP contribution >= 0.6 is 34.9 Å². The summed E-state index contributed by atoms with van der Waals surface area (Å²) in [4.78, 5) is 48.3. The van der Waals surface area contributed by atoms with E-state index in [0.717, 1.165) is 10.2 Å². The molecule has 15 heteroatoms. The molecule has 0 radical (unpaired) electrons. The number of hydrogen-bond donors (Lipinski definition) is 1. The number of thiazole rings is 1. The quantitative estimate of drug-likeness (QED) is 0.0684. The maximum absolute atomic E-state index is 12.5. The molecule has 2 heterocycles. The summed E-state index contributed by atoms with van der Waals surface area (Å²) >= 11 is 3.81. The molecule has 0 atom stereocenters. The van der Waals surface area contributed by atoms with Crippen molar-refractivity contribution in [2.75, 3.05) is 18.2 Å². The third-order valence-corrected chi connectivity index (χ3v) is 8.93. The van der Waals surface area contributed by atoms with Gasteiger partial charge in [-0.2, -0.15) is 0 Å². The molecule has 1 N–H and O–H groups in total. The van der Waals surface area contributed by atoms with Gasteiger partial charge in [-0.3, -0.25) is 30.0 Å². The van der Waals surface area contributed by atoms with Crippen LogP contribution in [-0.2, 0) is 4.79 Å². The average molecular weight is 633 g/mol. The van der Waals surface area contributed by atoms with E-state index in [0.29, 0.717) is 31.3 Å². The normalized spacial score (nSPS) is 11.1. The molecule has 3 aromatic carbocycles. The zero-order valence-corrected chi connectivity index (χ0v) is 24.6. The van der Waals surface area contributed by atoms with E-state index in [4.69, 9.17) is 4.74 Å². The standard InChI is InChI=1S/C28H20N6O6S3/c1-40-19-7-9-20(22(14-19)33(36)37)31-26(35)16-41-28-32-21-8-6-18(13-25(21)43-28)30-15-17-5-10-24(23(12-17)34(38)39)42-27-4-2-3-11-29-27/h2-15H,16H2,1H3,(H,31,35). The predicted molar refractivity (Wildman–Crippen MR) is 167 cm³/mol. The summed E-state index contributed by atoms with van der Waals surface area (Å²) in [7, 11) is 1.40. The highest BCUT2D eigenvalue weighted by Gasteiger charge is 2.18. The Bertz CT molecular complexity index is 1870. The Morgan fingerprint density at radius 1 is 1.05 bits per heavy atom. The number of nitro benzene ring substituents is 2. The van der Waals surface area contributed by atoms with Crippen LogP contribution in [0.25, 0.3) is 10.2 Å². The molecule has 5 aromatic rings. The van der Waals surface area contributed by atoms with E-state index in [2.05, 4.69) is 20.3 Å². The SMILES string of the molecule is COc1ccc(NC(=O)CSc2nc3ccc(N=Cc4ccc(Sc5ccccn5)c([N+](=O)[O-])c4)cc3s2)c([N+](=O)[O-])c1. The van der Waals surface area contributed by atoms with Gasteiger partial charge in [0, 0.05) is 18.5 Å². The summed E-state index contributed by atoms with van der Waals surface area (Å²) in [6.07, 6.45) is 3.19. The lowest BCUT2D eigenvalue weighted by Crippen LogP contribution is -2.15. The number of fused-ring (bicyclic) bond motifs is 1. The van der Waals surface area contributed by atoms with E-state index in [1.54, 1.807) is 48.8 Å². The second-order valence-corrected chi connectivity index (χ2v) is 11.9. The van der Waals surface area contributed by atoms with Crippen LogP contribution in [0.1, 0.15) is 5.56 Å². The van der Waals surface area contributed by atoms with Crippen LogP contribution in [0.15, 0.2) is 98.2 Å². The zero-order chi connectivity index (χ0) is 30.3. The lowest BCUT2D eigenvalue weighted by Gasteiger charge is -2.07. The summed E-state index contributed by atoms with van der Waals surface area (Å²) < 4.78 is 6.51. The fourth-order valence-electron chi connectivity index (χ4n) is 3.76. The van der Waals surface area contributed by atoms with E-state index in [1.807, 2.05) is 12.1 Å². The third kappa shape index (κ3) is 7.51. The van der Waals surface area contributed by atoms with E-state index in [-0.39, 0.29) is 22.8 Å². The number of anilines is 1. The number of hydrogen-bond acceptors (Lipinski definition) is 12. The molecule has 43 heavy (non-hydrogen) atoms. The van der Waals surface area contributed by atoms with Crippen LogP contribution in [0.4, 0.5) is 22.7 Å². The Kier molecular flexibility index (Phi) is 9.24. The fourth-order valence-corrected chi connectivity index (χ4v) is 6.52. The number of carbonyl (C=O) groups excluding carboxylic acids is 1. The molecule has 12 nitrogen and oxygen atoms in total. The molecule has 2 aromatic heterocycles. The average Bonchev–Trinajstić information content (AvgIpc) is 3.42. The Balaban J connectivity index is 1.24. The van der Waals surface area contributed by atoms with Crippen molar-refractivity contribution < 1.29 is 19.4 Å². The number of methoxy groups -OCH3 is 1. The molecule has 0 aliphatic rings. The second kappa shape index (κ2) is 13.4. The number of amides is 1. The number of nitro groups is 2. The largest absolute Gasteiger partial charge is 0.496 e. The smallest absolute Gasteiger partial charge is 0.296 e. The van der Waals surface area contributed by atoms with Gasteiger partial charge in [0.25, 0.3) is 11.4 Å². The molecule has 216 valence electrons. The van der Waals surface area contributed by atoms with Gasteiger partial charge in [0.2, 0.25) is 5.91 Å². The maximum atomic E-state index is 12.5. The van der Waals surface area contributed by atoms with Gasteiger partial charge < -0.3 is 10.1 Å². The molecular formula is C28H20N6O6S3. The van der Waals surface area contributed by atoms with Crippen molar-refractivity contribution in [2.45, 2.75) is 14.3 Å². The number of aliphatic imine (C=N–C) groups is 1. The Morgan fingerprint density at radius 2 is 1.88 bits per heavy atom. The van der Waals surface area contributed by atoms with Gasteiger partial charge >= 0.3 is 0 Å². The molecule has 0 bridgehead atoms. The number of aromatic nitrogens is 2.